The van der Waals surface area contributed by atoms with E-state index in [1.807, 2.05) is 13.8 Å². The van der Waals surface area contributed by atoms with Crippen LogP contribution in [-0.2, 0) is 56.2 Å². The SMILES string of the molecule is CC(C)C[C@H](NC(=O)NCCCOS(=O)(=O)O)C(=O)N1CCC[C@H]1C(=O)N[C@@H](Cc1ccccc1)C(=O)N[C@@H](Cc1ccccc1)C(=O)N[C@@H](CC(=O)O)C(N)=O. The number of primary amides is 1. The fourth-order valence-corrected chi connectivity index (χ4v) is 6.50. The summed E-state index contributed by atoms with van der Waals surface area (Å²) in [6, 6.07) is 10.4. The lowest BCUT2D eigenvalue weighted by atomic mass is 10.0. The van der Waals surface area contributed by atoms with Crippen molar-refractivity contribution in [3.63, 3.8) is 0 Å². The number of carbonyl (C=O) groups is 7. The maximum absolute atomic E-state index is 14.1. The lowest BCUT2D eigenvalue weighted by Crippen LogP contribution is -2.59. The second-order valence-corrected chi connectivity index (χ2v) is 15.0. The van der Waals surface area contributed by atoms with Crippen LogP contribution in [0.4, 0.5) is 4.79 Å². The minimum absolute atomic E-state index is 0.0192. The maximum atomic E-state index is 14.1. The van der Waals surface area contributed by atoms with E-state index in [-0.39, 0.29) is 57.7 Å². The molecule has 0 unspecified atom stereocenters. The molecule has 0 aromatic heterocycles. The van der Waals surface area contributed by atoms with Crippen LogP contribution in [0.25, 0.3) is 0 Å². The van der Waals surface area contributed by atoms with Crippen LogP contribution in [0, 0.1) is 5.92 Å². The topological polar surface area (TPSA) is 293 Å². The largest absolute Gasteiger partial charge is 0.481 e. The van der Waals surface area contributed by atoms with Crippen LogP contribution in [-0.4, -0.2) is 114 Å². The normalized spacial score (nSPS) is 16.1. The fourth-order valence-electron chi connectivity index (χ4n) is 6.17. The van der Waals surface area contributed by atoms with Crippen LogP contribution in [0.1, 0.15) is 57.1 Å². The Hall–Kier alpha value is -5.60. The van der Waals surface area contributed by atoms with Crippen LogP contribution in [0.3, 0.4) is 0 Å². The molecule has 0 radical (unpaired) electrons. The van der Waals surface area contributed by atoms with Gasteiger partial charge in [-0.15, -0.1) is 0 Å². The second kappa shape index (κ2) is 22.2. The van der Waals surface area contributed by atoms with Crippen LogP contribution in [0.2, 0.25) is 0 Å². The first kappa shape index (κ1) is 45.8. The predicted octanol–water partition coefficient (Wildman–Crippen LogP) is -0.199. The second-order valence-electron chi connectivity index (χ2n) is 13.9. The molecule has 1 fully saturated rings. The Morgan fingerprint density at radius 3 is 1.88 bits per heavy atom. The zero-order chi connectivity index (χ0) is 42.1. The van der Waals surface area contributed by atoms with E-state index >= 15 is 0 Å². The van der Waals surface area contributed by atoms with E-state index in [4.69, 9.17) is 10.3 Å². The minimum atomic E-state index is -4.63. The number of nitrogens with two attached hydrogens (primary N) is 1. The average molecular weight is 818 g/mol. The molecular formula is C37H51N7O12S. The molecule has 312 valence electrons. The van der Waals surface area contributed by atoms with Gasteiger partial charge < -0.3 is 42.3 Å². The van der Waals surface area contributed by atoms with Crippen molar-refractivity contribution < 1.29 is 55.8 Å². The van der Waals surface area contributed by atoms with Crippen LogP contribution >= 0.6 is 0 Å². The summed E-state index contributed by atoms with van der Waals surface area (Å²) in [5, 5.41) is 22.1. The highest BCUT2D eigenvalue weighted by Crippen LogP contribution is 2.21. The molecule has 0 aliphatic carbocycles. The van der Waals surface area contributed by atoms with Gasteiger partial charge in [-0.3, -0.25) is 33.3 Å². The molecule has 3 rings (SSSR count). The number of carboxylic acids is 1. The van der Waals surface area contributed by atoms with Crippen molar-refractivity contribution in [1.82, 2.24) is 31.5 Å². The lowest BCUT2D eigenvalue weighted by Gasteiger charge is -2.31. The first-order valence-electron chi connectivity index (χ1n) is 18.4. The molecule has 2 aromatic rings. The molecule has 19 nitrogen and oxygen atoms in total. The zero-order valence-electron chi connectivity index (χ0n) is 31.7. The van der Waals surface area contributed by atoms with E-state index < -0.39 is 88.6 Å². The van der Waals surface area contributed by atoms with Crippen LogP contribution in [0.15, 0.2) is 60.7 Å². The molecule has 1 aliphatic heterocycles. The highest BCUT2D eigenvalue weighted by Gasteiger charge is 2.39. The monoisotopic (exact) mass is 817 g/mol. The molecule has 7 amide bonds. The fraction of sp³-hybridized carbons (Fsp3) is 0.486. The molecule has 20 heteroatoms. The van der Waals surface area contributed by atoms with Crippen molar-refractivity contribution in [1.29, 1.82) is 0 Å². The highest BCUT2D eigenvalue weighted by atomic mass is 32.3. The molecule has 1 aliphatic rings. The number of benzene rings is 2. The molecule has 1 heterocycles. The molecule has 5 atom stereocenters. The summed E-state index contributed by atoms with van der Waals surface area (Å²) in [6.45, 7) is 3.46. The first-order chi connectivity index (χ1) is 26.9. The zero-order valence-corrected chi connectivity index (χ0v) is 32.5. The molecule has 0 bridgehead atoms. The summed E-state index contributed by atoms with van der Waals surface area (Å²) < 4.78 is 34.4. The molecule has 1 saturated heterocycles. The molecule has 57 heavy (non-hydrogen) atoms. The quantitative estimate of drug-likeness (QED) is 0.0567. The Bertz CT molecular complexity index is 1820. The third-order valence-corrected chi connectivity index (χ3v) is 9.32. The number of carboxylic acid groups (broad SMARTS) is 1. The van der Waals surface area contributed by atoms with Gasteiger partial charge in [0.2, 0.25) is 29.5 Å². The van der Waals surface area contributed by atoms with E-state index in [1.54, 1.807) is 60.7 Å². The van der Waals surface area contributed by atoms with E-state index in [0.717, 1.165) is 0 Å². The first-order valence-corrected chi connectivity index (χ1v) is 19.8. The summed E-state index contributed by atoms with van der Waals surface area (Å²) in [5.41, 5.74) is 6.63. The van der Waals surface area contributed by atoms with Gasteiger partial charge in [0.25, 0.3) is 0 Å². The summed E-state index contributed by atoms with van der Waals surface area (Å²) >= 11 is 0. The Morgan fingerprint density at radius 2 is 1.37 bits per heavy atom. The third-order valence-electron chi connectivity index (χ3n) is 8.86. The Morgan fingerprint density at radius 1 is 0.825 bits per heavy atom. The van der Waals surface area contributed by atoms with E-state index in [1.165, 1.54) is 4.90 Å². The molecular weight excluding hydrogens is 767 g/mol. The molecule has 0 spiro atoms. The number of aliphatic carboxylic acids is 1. The number of urea groups is 1. The third kappa shape index (κ3) is 16.2. The summed E-state index contributed by atoms with van der Waals surface area (Å²) in [7, 11) is -4.63. The van der Waals surface area contributed by atoms with Crippen molar-refractivity contribution in [2.75, 3.05) is 19.7 Å². The van der Waals surface area contributed by atoms with Crippen molar-refractivity contribution in [2.45, 2.75) is 89.0 Å². The van der Waals surface area contributed by atoms with Gasteiger partial charge in [-0.25, -0.2) is 8.98 Å². The van der Waals surface area contributed by atoms with Gasteiger partial charge in [0, 0.05) is 25.9 Å². The van der Waals surface area contributed by atoms with Gasteiger partial charge in [0.1, 0.15) is 30.2 Å². The number of nitrogens with one attached hydrogen (secondary N) is 5. The highest BCUT2D eigenvalue weighted by molar-refractivity contribution is 7.80. The standard InChI is InChI=1S/C37H51N7O12S/c1-23(2)19-29(43-37(52)39-16-10-18-56-57(53,54)55)36(51)44-17-9-15-30(44)35(50)42-28(21-25-13-7-4-8-14-25)34(49)41-27(20-24-11-5-3-6-12-24)33(48)40-26(32(38)47)22-31(45)46/h3-8,11-14,23,26-30H,9-10,15-22H2,1-2H3,(H2,38,47)(H,40,48)(H,41,49)(H,42,50)(H,45,46)(H2,39,43,52)(H,53,54,55)/t26-,27-,28-,29-,30-/m0/s1. The number of nitrogens with zero attached hydrogens (tertiary/aromatic N) is 1. The molecule has 2 aromatic carbocycles. The number of rotatable bonds is 22. The van der Waals surface area contributed by atoms with Crippen molar-refractivity contribution >= 4 is 51.9 Å². The van der Waals surface area contributed by atoms with Crippen molar-refractivity contribution in [3.05, 3.63) is 71.8 Å². The Balaban J connectivity index is 1.81. The number of amides is 7. The van der Waals surface area contributed by atoms with Crippen molar-refractivity contribution in [2.24, 2.45) is 11.7 Å². The van der Waals surface area contributed by atoms with Gasteiger partial charge in [-0.1, -0.05) is 74.5 Å². The smallest absolute Gasteiger partial charge is 0.397 e. The average Bonchev–Trinajstić information content (AvgIpc) is 3.63. The minimum Gasteiger partial charge on any atom is -0.481 e. The lowest BCUT2D eigenvalue weighted by molar-refractivity contribution is -0.141. The van der Waals surface area contributed by atoms with Gasteiger partial charge in [-0.2, -0.15) is 8.42 Å². The van der Waals surface area contributed by atoms with E-state index in [2.05, 4.69) is 30.8 Å². The van der Waals surface area contributed by atoms with Crippen molar-refractivity contribution in [3.8, 4) is 0 Å². The Kier molecular flexibility index (Phi) is 17.8. The molecule has 9 N–H and O–H groups in total. The predicted molar refractivity (Wildman–Crippen MR) is 204 cm³/mol. The number of likely N-dealkylation sites (tertiary alicyclic amines) is 1. The van der Waals surface area contributed by atoms with E-state index in [9.17, 15) is 47.1 Å². The van der Waals surface area contributed by atoms with Gasteiger partial charge in [0.05, 0.1) is 13.0 Å². The molecule has 0 saturated carbocycles. The number of hydrogen-bond donors (Lipinski definition) is 8. The van der Waals surface area contributed by atoms with Gasteiger partial charge in [-0.05, 0) is 42.7 Å². The van der Waals surface area contributed by atoms with Crippen LogP contribution in [0.5, 0.6) is 0 Å². The van der Waals surface area contributed by atoms with Gasteiger partial charge in [0.15, 0.2) is 0 Å². The number of hydrogen-bond acceptors (Lipinski definition) is 10. The summed E-state index contributed by atoms with van der Waals surface area (Å²) in [6.07, 6.45) is 0.0872. The van der Waals surface area contributed by atoms with E-state index in [0.29, 0.717) is 17.5 Å². The summed E-state index contributed by atoms with van der Waals surface area (Å²) in [4.78, 5) is 92.9. The number of carbonyl (C=O) groups excluding carboxylic acids is 6. The Labute approximate surface area is 330 Å². The summed E-state index contributed by atoms with van der Waals surface area (Å²) in [5.74, 6) is -5.36. The van der Waals surface area contributed by atoms with Crippen LogP contribution < -0.4 is 32.3 Å². The van der Waals surface area contributed by atoms with Gasteiger partial charge >= 0.3 is 22.4 Å². The maximum Gasteiger partial charge on any atom is 0.397 e.